The molecule has 0 unspecified atom stereocenters. The zero-order valence-corrected chi connectivity index (χ0v) is 12.8. The van der Waals surface area contributed by atoms with Gasteiger partial charge in [0, 0.05) is 10.4 Å². The van der Waals surface area contributed by atoms with Crippen molar-refractivity contribution < 1.29 is 4.39 Å². The highest BCUT2D eigenvalue weighted by Gasteiger charge is 2.23. The Bertz CT molecular complexity index is 898. The van der Waals surface area contributed by atoms with Crippen LogP contribution in [0.1, 0.15) is 16.9 Å². The number of aromatic nitrogens is 2. The van der Waals surface area contributed by atoms with E-state index in [1.165, 1.54) is 9.44 Å². The number of hydrogen-bond donors (Lipinski definition) is 0. The van der Waals surface area contributed by atoms with Crippen molar-refractivity contribution in [3.63, 3.8) is 0 Å². The van der Waals surface area contributed by atoms with E-state index in [4.69, 9.17) is 4.98 Å². The molecule has 5 heteroatoms. The molecule has 0 atom stereocenters. The summed E-state index contributed by atoms with van der Waals surface area (Å²) in [6.45, 7) is -0.518. The molecular formula is C17H15FN2OS. The van der Waals surface area contributed by atoms with Gasteiger partial charge in [-0.05, 0) is 24.8 Å². The van der Waals surface area contributed by atoms with Gasteiger partial charge in [-0.2, -0.15) is 0 Å². The highest BCUT2D eigenvalue weighted by molar-refractivity contribution is 7.18. The fourth-order valence-electron chi connectivity index (χ4n) is 3.18. The Hall–Kier alpha value is -2.01. The Balaban J connectivity index is 2.05. The van der Waals surface area contributed by atoms with Crippen LogP contribution in [0.15, 0.2) is 35.1 Å². The molecule has 2 aromatic heterocycles. The lowest BCUT2D eigenvalue weighted by Gasteiger charge is -2.11. The van der Waals surface area contributed by atoms with Crippen LogP contribution >= 0.6 is 11.3 Å². The summed E-state index contributed by atoms with van der Waals surface area (Å²) in [5.74, 6) is 0.565. The molecule has 1 aliphatic rings. The zero-order valence-electron chi connectivity index (χ0n) is 12.0. The van der Waals surface area contributed by atoms with Crippen molar-refractivity contribution in [3.05, 3.63) is 51.1 Å². The van der Waals surface area contributed by atoms with Crippen molar-refractivity contribution in [3.8, 4) is 11.4 Å². The zero-order chi connectivity index (χ0) is 15.1. The van der Waals surface area contributed by atoms with Crippen molar-refractivity contribution >= 4 is 21.6 Å². The summed E-state index contributed by atoms with van der Waals surface area (Å²) in [6.07, 6.45) is 3.06. The van der Waals surface area contributed by atoms with Crippen molar-refractivity contribution in [2.45, 2.75) is 25.8 Å². The largest absolute Gasteiger partial charge is 0.289 e. The third-order valence-corrected chi connectivity index (χ3v) is 5.35. The van der Waals surface area contributed by atoms with Crippen LogP contribution in [0.25, 0.3) is 21.6 Å². The van der Waals surface area contributed by atoms with E-state index in [9.17, 15) is 9.18 Å². The Morgan fingerprint density at radius 2 is 2.05 bits per heavy atom. The number of benzene rings is 1. The lowest BCUT2D eigenvalue weighted by Crippen LogP contribution is -2.24. The maximum Gasteiger partial charge on any atom is 0.262 e. The Kier molecular flexibility index (Phi) is 3.30. The minimum absolute atomic E-state index is 0.0522. The molecule has 3 nitrogen and oxygen atoms in total. The van der Waals surface area contributed by atoms with Gasteiger partial charge in [-0.1, -0.05) is 30.3 Å². The summed E-state index contributed by atoms with van der Waals surface area (Å²) in [7, 11) is 0. The summed E-state index contributed by atoms with van der Waals surface area (Å²) in [4.78, 5) is 19.7. The van der Waals surface area contributed by atoms with Gasteiger partial charge in [0.25, 0.3) is 5.56 Å². The van der Waals surface area contributed by atoms with Gasteiger partial charge in [-0.15, -0.1) is 11.3 Å². The second-order valence-electron chi connectivity index (χ2n) is 5.48. The fraction of sp³-hybridized carbons (Fsp3) is 0.294. The first-order valence-corrected chi connectivity index (χ1v) is 8.27. The summed E-state index contributed by atoms with van der Waals surface area (Å²) >= 11 is 1.62. The number of aryl methyl sites for hydroxylation is 2. The van der Waals surface area contributed by atoms with Gasteiger partial charge < -0.3 is 0 Å². The second kappa shape index (κ2) is 5.32. The molecule has 1 aromatic carbocycles. The average Bonchev–Trinajstić information content (AvgIpc) is 3.11. The van der Waals surface area contributed by atoms with E-state index >= 15 is 0 Å². The lowest BCUT2D eigenvalue weighted by atomic mass is 10.1. The van der Waals surface area contributed by atoms with Crippen molar-refractivity contribution in [1.29, 1.82) is 0 Å². The van der Waals surface area contributed by atoms with Gasteiger partial charge in [0.2, 0.25) is 0 Å². The van der Waals surface area contributed by atoms with Gasteiger partial charge in [-0.25, -0.2) is 9.37 Å². The number of halogens is 1. The molecule has 1 aliphatic carbocycles. The molecule has 0 fully saturated rings. The van der Waals surface area contributed by atoms with Crippen LogP contribution < -0.4 is 5.56 Å². The molecule has 0 spiro atoms. The summed E-state index contributed by atoms with van der Waals surface area (Å²) < 4.78 is 14.5. The molecule has 22 heavy (non-hydrogen) atoms. The van der Waals surface area contributed by atoms with E-state index < -0.39 is 6.67 Å². The number of thiophene rings is 1. The summed E-state index contributed by atoms with van der Waals surface area (Å²) in [6, 6.07) is 9.53. The summed E-state index contributed by atoms with van der Waals surface area (Å²) in [5.41, 5.74) is 1.90. The van der Waals surface area contributed by atoms with Crippen LogP contribution in [0.5, 0.6) is 0 Å². The molecule has 0 saturated carbocycles. The first-order chi connectivity index (χ1) is 10.8. The minimum Gasteiger partial charge on any atom is -0.289 e. The molecule has 2 heterocycles. The molecule has 0 saturated heterocycles. The van der Waals surface area contributed by atoms with Gasteiger partial charge in [0.05, 0.1) is 11.9 Å². The van der Waals surface area contributed by atoms with E-state index in [1.807, 2.05) is 30.3 Å². The number of hydrogen-bond acceptors (Lipinski definition) is 3. The van der Waals surface area contributed by atoms with Crippen LogP contribution in [-0.2, 0) is 19.4 Å². The summed E-state index contributed by atoms with van der Waals surface area (Å²) in [5, 5.41) is 0.714. The van der Waals surface area contributed by atoms with Crippen LogP contribution in [0.4, 0.5) is 4.39 Å². The van der Waals surface area contributed by atoms with Gasteiger partial charge >= 0.3 is 0 Å². The lowest BCUT2D eigenvalue weighted by molar-refractivity contribution is 0.441. The number of nitrogens with zero attached hydrogens (tertiary/aromatic N) is 2. The number of rotatable bonds is 3. The normalized spacial score (nSPS) is 13.7. The topological polar surface area (TPSA) is 34.9 Å². The fourth-order valence-corrected chi connectivity index (χ4v) is 4.43. The molecule has 4 rings (SSSR count). The molecule has 0 radical (unpaired) electrons. The van der Waals surface area contributed by atoms with E-state index in [0.717, 1.165) is 35.2 Å². The predicted octanol–water partition coefficient (Wildman–Crippen LogP) is 3.58. The second-order valence-corrected chi connectivity index (χ2v) is 6.57. The molecule has 0 N–H and O–H groups in total. The SMILES string of the molecule is O=c1c2c3c(sc2nc(-c2ccccc2)n1CCF)CCC3. The van der Waals surface area contributed by atoms with Gasteiger partial charge in [0.15, 0.2) is 0 Å². The molecule has 112 valence electrons. The van der Waals surface area contributed by atoms with Crippen LogP contribution in [0.2, 0.25) is 0 Å². The van der Waals surface area contributed by atoms with Crippen molar-refractivity contribution in [2.75, 3.05) is 6.67 Å². The molecule has 0 aliphatic heterocycles. The first kappa shape index (κ1) is 13.6. The number of fused-ring (bicyclic) bond motifs is 3. The van der Waals surface area contributed by atoms with Crippen molar-refractivity contribution in [2.24, 2.45) is 0 Å². The van der Waals surface area contributed by atoms with Crippen LogP contribution in [0.3, 0.4) is 0 Å². The van der Waals surface area contributed by atoms with Crippen LogP contribution in [-0.4, -0.2) is 16.2 Å². The predicted molar refractivity (Wildman–Crippen MR) is 87.3 cm³/mol. The monoisotopic (exact) mass is 314 g/mol. The Labute approximate surface area is 131 Å². The van der Waals surface area contributed by atoms with Gasteiger partial charge in [-0.3, -0.25) is 9.36 Å². The van der Waals surface area contributed by atoms with Crippen LogP contribution in [0, 0.1) is 0 Å². The van der Waals surface area contributed by atoms with Crippen molar-refractivity contribution in [1.82, 2.24) is 9.55 Å². The van der Waals surface area contributed by atoms with E-state index in [1.54, 1.807) is 11.3 Å². The Morgan fingerprint density at radius 1 is 1.23 bits per heavy atom. The molecular weight excluding hydrogens is 299 g/mol. The van der Waals surface area contributed by atoms with E-state index in [2.05, 4.69) is 0 Å². The minimum atomic E-state index is -0.570. The molecule has 0 bridgehead atoms. The first-order valence-electron chi connectivity index (χ1n) is 7.46. The molecule has 3 aromatic rings. The molecule has 0 amide bonds. The quantitative estimate of drug-likeness (QED) is 0.740. The average molecular weight is 314 g/mol. The number of alkyl halides is 1. The smallest absolute Gasteiger partial charge is 0.262 e. The van der Waals surface area contributed by atoms with E-state index in [-0.39, 0.29) is 12.1 Å². The van der Waals surface area contributed by atoms with E-state index in [0.29, 0.717) is 11.2 Å². The Morgan fingerprint density at radius 3 is 2.82 bits per heavy atom. The highest BCUT2D eigenvalue weighted by Crippen LogP contribution is 2.35. The third-order valence-electron chi connectivity index (χ3n) is 4.16. The third kappa shape index (κ3) is 2.00. The highest BCUT2D eigenvalue weighted by atomic mass is 32.1. The van der Waals surface area contributed by atoms with Gasteiger partial charge in [0.1, 0.15) is 17.3 Å². The maximum absolute atomic E-state index is 13.0. The standard InChI is InChI=1S/C17H15FN2OS/c18-9-10-20-15(11-5-2-1-3-6-11)19-16-14(17(20)21)12-7-4-8-13(12)22-16/h1-3,5-6H,4,7-10H2. The maximum atomic E-state index is 13.0.